The van der Waals surface area contributed by atoms with Gasteiger partial charge in [0.2, 0.25) is 0 Å². The molecule has 35 rings (SSSR count). The van der Waals surface area contributed by atoms with Crippen molar-refractivity contribution < 1.29 is 39.4 Å². The summed E-state index contributed by atoms with van der Waals surface area (Å²) in [5.74, 6) is -3.51. The average molecular weight is 1920 g/mol. The molecule has 3 aliphatic rings. The quantitative estimate of drug-likeness (QED) is 0.0894. The zero-order chi connectivity index (χ0) is 98.2. The van der Waals surface area contributed by atoms with E-state index in [-0.39, 0.29) is 25.7 Å². The molecule has 1 saturated carbocycles. The van der Waals surface area contributed by atoms with Crippen LogP contribution < -0.4 is 0 Å². The number of benzene rings is 32. The number of hydrogen-bond donors (Lipinski definition) is 4. The lowest BCUT2D eigenvalue weighted by atomic mass is 9.68. The Kier molecular flexibility index (Phi) is 16.1. The third-order valence-corrected chi connectivity index (χ3v) is 36.9. The van der Waals surface area contributed by atoms with Gasteiger partial charge in [0.15, 0.2) is 11.6 Å². The van der Waals surface area contributed by atoms with Crippen LogP contribution in [0.25, 0.3) is 259 Å². The fourth-order valence-corrected chi connectivity index (χ4v) is 30.3. The van der Waals surface area contributed by atoms with Crippen molar-refractivity contribution in [1.29, 1.82) is 0 Å². The maximum Gasteiger partial charge on any atom is 0.170 e. The first kappa shape index (κ1) is 83.1. The standard InChI is InChI=1S/C142H88O8/c143-139(109-65-49-93-33-25-77-9-1-17-85-41-57-101(109)125(93)117(77)85,110-66-50-94-34-26-78-10-2-18-86-42-58-102(110)126(94)118(78)86)133-134(140(144,111-67-51-95-35-27-79-11-3-19-87-43-59-103(111)127(95)119(79)87)112-68-52-96-36-28-80-12-4-20-88-44-60-104(112)128(96)120(80)88)148-137(147-133)73-75-138(76-74-137)149-135(141(145,113-69-53-97-37-29-81-13-5-21-89-45-61-105(113)129(97)121(81)89)114-70-54-98-38-30-82-14-6-22-90-46-62-106(114)130(98)122(82)90)136(150-138)142(146,115-71-55-99-39-31-83-15-7-23-91-47-63-107(115)131(99)123(83)91)116-72-56-100-40-32-84-16-8-24-92-48-64-108(116)132(100)124(84)92/h1-72,133-136,143-146H,73-76H2. The molecular weight excluding hydrogens is 1830 g/mol. The van der Waals surface area contributed by atoms with E-state index in [0.717, 1.165) is 259 Å². The number of ether oxygens (including phenoxy) is 4. The van der Waals surface area contributed by atoms with Crippen LogP contribution in [0.2, 0.25) is 0 Å². The highest BCUT2D eigenvalue weighted by molar-refractivity contribution is 6.32. The topological polar surface area (TPSA) is 118 Å². The molecule has 0 aromatic heterocycles. The molecule has 4 N–H and O–H groups in total. The van der Waals surface area contributed by atoms with Crippen LogP contribution in [0.15, 0.2) is 437 Å². The van der Waals surface area contributed by atoms with E-state index < -0.39 is 58.4 Å². The van der Waals surface area contributed by atoms with Gasteiger partial charge in [-0.3, -0.25) is 0 Å². The number of hydrogen-bond acceptors (Lipinski definition) is 8. The zero-order valence-corrected chi connectivity index (χ0v) is 81.1. The first-order chi connectivity index (χ1) is 73.7. The van der Waals surface area contributed by atoms with Crippen LogP contribution in [0, 0.1) is 0 Å². The molecule has 0 bridgehead atoms. The van der Waals surface area contributed by atoms with E-state index in [1.807, 2.05) is 0 Å². The minimum absolute atomic E-state index is 0.0191. The van der Waals surface area contributed by atoms with Gasteiger partial charge in [-0.1, -0.05) is 437 Å². The Morgan fingerprint density at radius 2 is 0.233 bits per heavy atom. The maximum absolute atomic E-state index is 17.1. The van der Waals surface area contributed by atoms with Gasteiger partial charge in [-0.15, -0.1) is 0 Å². The Labute approximate surface area is 857 Å². The molecule has 4 atom stereocenters. The van der Waals surface area contributed by atoms with Crippen molar-refractivity contribution in [2.24, 2.45) is 0 Å². The molecule has 150 heavy (non-hydrogen) atoms. The van der Waals surface area contributed by atoms with Crippen LogP contribution in [-0.2, 0) is 41.4 Å². The third kappa shape index (κ3) is 10.6. The lowest BCUT2D eigenvalue weighted by Gasteiger charge is -2.44. The van der Waals surface area contributed by atoms with Crippen molar-refractivity contribution in [2.75, 3.05) is 0 Å². The second kappa shape index (κ2) is 29.1. The van der Waals surface area contributed by atoms with E-state index in [0.29, 0.717) is 44.5 Å². The Morgan fingerprint density at radius 1 is 0.133 bits per heavy atom. The predicted octanol–water partition coefficient (Wildman–Crippen LogP) is 33.4. The molecule has 4 unspecified atom stereocenters. The van der Waals surface area contributed by atoms with Crippen LogP contribution in [-0.4, -0.2) is 56.4 Å². The van der Waals surface area contributed by atoms with Crippen LogP contribution in [0.4, 0.5) is 0 Å². The summed E-state index contributed by atoms with van der Waals surface area (Å²) in [6.07, 6.45) is -6.09. The SMILES string of the molecule is OC(c1ccc2ccc3cccc4ccc1c2c34)(c1ccc2ccc3cccc4ccc1c2c34)C1OC2(CCC3(CC2)OC(C(O)(c2ccc4ccc5cccc6ccc2c4c56)c2ccc4ccc5cccc6ccc2c4c56)C(C(O)(c2ccc4ccc5cccc6ccc2c4c56)c2ccc4ccc5cccc6ccc2c4c56)O3)OC1C(O)(c1ccc2ccc3cccc4ccc1c2c34)c1ccc2ccc3cccc4ccc1c2c34. The molecule has 2 heterocycles. The number of aliphatic hydroxyl groups is 4. The van der Waals surface area contributed by atoms with Gasteiger partial charge in [-0.25, -0.2) is 0 Å². The van der Waals surface area contributed by atoms with E-state index in [2.05, 4.69) is 437 Å². The average Bonchev–Trinajstić information content (AvgIpc) is 1.44. The van der Waals surface area contributed by atoms with Gasteiger partial charge < -0.3 is 39.4 Å². The Bertz CT molecular complexity index is 9460. The second-order valence-electron chi connectivity index (χ2n) is 43.8. The second-order valence-corrected chi connectivity index (χ2v) is 43.8. The molecule has 8 heteroatoms. The molecule has 2 spiro atoms. The molecule has 0 radical (unpaired) electrons. The smallest absolute Gasteiger partial charge is 0.170 e. The fraction of sp³-hybridized carbons (Fsp3) is 0.0986. The minimum Gasteiger partial charge on any atom is -0.377 e. The summed E-state index contributed by atoms with van der Waals surface area (Å²) in [6, 6.07) is 157. The van der Waals surface area contributed by atoms with Gasteiger partial charge in [0, 0.05) is 25.7 Å². The lowest BCUT2D eigenvalue weighted by Crippen LogP contribution is -2.55. The van der Waals surface area contributed by atoms with E-state index in [9.17, 15) is 0 Å². The largest absolute Gasteiger partial charge is 0.377 e. The van der Waals surface area contributed by atoms with E-state index in [1.165, 1.54) is 0 Å². The van der Waals surface area contributed by atoms with Gasteiger partial charge in [0.25, 0.3) is 0 Å². The highest BCUT2D eigenvalue weighted by atomic mass is 16.8. The van der Waals surface area contributed by atoms with E-state index >= 15 is 20.4 Å². The first-order valence-corrected chi connectivity index (χ1v) is 52.7. The van der Waals surface area contributed by atoms with Crippen LogP contribution in [0.1, 0.15) is 70.2 Å². The normalized spacial score (nSPS) is 18.6. The molecule has 3 fully saturated rings. The van der Waals surface area contributed by atoms with E-state index in [1.54, 1.807) is 0 Å². The van der Waals surface area contributed by atoms with Gasteiger partial charge in [0.1, 0.15) is 46.8 Å². The maximum atomic E-state index is 17.1. The Balaban J connectivity index is 0.644. The fourth-order valence-electron chi connectivity index (χ4n) is 30.3. The summed E-state index contributed by atoms with van der Waals surface area (Å²) in [5, 5.41) is 116. The Morgan fingerprint density at radius 3 is 0.353 bits per heavy atom. The molecule has 32 aromatic rings. The monoisotopic (exact) mass is 1920 g/mol. The summed E-state index contributed by atoms with van der Waals surface area (Å²) in [4.78, 5) is 0. The summed E-state index contributed by atoms with van der Waals surface area (Å²) in [6.45, 7) is 0. The molecule has 704 valence electrons. The van der Waals surface area contributed by atoms with Crippen molar-refractivity contribution in [3.63, 3.8) is 0 Å². The summed E-state index contributed by atoms with van der Waals surface area (Å²) in [7, 11) is 0. The first-order valence-electron chi connectivity index (χ1n) is 52.7. The molecule has 8 nitrogen and oxygen atoms in total. The van der Waals surface area contributed by atoms with Crippen molar-refractivity contribution in [3.8, 4) is 0 Å². The van der Waals surface area contributed by atoms with Gasteiger partial charge in [0.05, 0.1) is 0 Å². The van der Waals surface area contributed by atoms with Crippen molar-refractivity contribution in [3.05, 3.63) is 481 Å². The minimum atomic E-state index is -2.29. The molecular formula is C142H88O8. The summed E-state index contributed by atoms with van der Waals surface area (Å²) in [5.41, 5.74) is -4.58. The van der Waals surface area contributed by atoms with Crippen molar-refractivity contribution >= 4 is 259 Å². The number of rotatable bonds is 12. The molecule has 2 aliphatic heterocycles. The Hall–Kier alpha value is -17.0. The van der Waals surface area contributed by atoms with Gasteiger partial charge >= 0.3 is 0 Å². The van der Waals surface area contributed by atoms with Crippen LogP contribution in [0.5, 0.6) is 0 Å². The zero-order valence-electron chi connectivity index (χ0n) is 81.1. The van der Waals surface area contributed by atoms with Crippen molar-refractivity contribution in [1.82, 2.24) is 0 Å². The molecule has 2 saturated heterocycles. The van der Waals surface area contributed by atoms with Gasteiger partial charge in [-0.2, -0.15) is 0 Å². The van der Waals surface area contributed by atoms with Gasteiger partial charge in [-0.05, 0) is 303 Å². The predicted molar refractivity (Wildman–Crippen MR) is 617 cm³/mol. The molecule has 0 amide bonds. The highest BCUT2D eigenvalue weighted by Gasteiger charge is 2.70. The summed E-state index contributed by atoms with van der Waals surface area (Å²) < 4.78 is 35.4. The lowest BCUT2D eigenvalue weighted by molar-refractivity contribution is -0.278. The summed E-state index contributed by atoms with van der Waals surface area (Å²) >= 11 is 0. The van der Waals surface area contributed by atoms with Crippen LogP contribution >= 0.6 is 0 Å². The van der Waals surface area contributed by atoms with Crippen LogP contribution in [0.3, 0.4) is 0 Å². The van der Waals surface area contributed by atoms with E-state index in [4.69, 9.17) is 18.9 Å². The highest BCUT2D eigenvalue weighted by Crippen LogP contribution is 2.65. The van der Waals surface area contributed by atoms with Crippen molar-refractivity contribution in [2.45, 2.75) is 84.1 Å². The molecule has 32 aromatic carbocycles. The third-order valence-electron chi connectivity index (χ3n) is 36.9. The molecule has 1 aliphatic carbocycles.